The van der Waals surface area contributed by atoms with Crippen molar-refractivity contribution in [3.05, 3.63) is 65.7 Å². The first kappa shape index (κ1) is 23.6. The van der Waals surface area contributed by atoms with Crippen molar-refractivity contribution in [1.29, 1.82) is 0 Å². The Morgan fingerprint density at radius 1 is 1.06 bits per heavy atom. The fourth-order valence-corrected chi connectivity index (χ4v) is 4.43. The van der Waals surface area contributed by atoms with Crippen LogP contribution < -0.4 is 14.8 Å². The second-order valence-electron chi connectivity index (χ2n) is 7.84. The van der Waals surface area contributed by atoms with E-state index < -0.39 is 10.0 Å². The van der Waals surface area contributed by atoms with Crippen molar-refractivity contribution in [3.63, 3.8) is 0 Å². The average Bonchev–Trinajstić information content (AvgIpc) is 2.79. The van der Waals surface area contributed by atoms with Gasteiger partial charge in [-0.25, -0.2) is 23.4 Å². The number of nitrogens with one attached hydrogen (secondary N) is 2. The standard InChI is InChI=1S/C23H25N5O5S/c1-15-13-21(26-16(2)25-15)28-34(30,31)20-6-4-18(5-7-20)27-23(29)17-3-8-22(24-14-17)33-19-9-11-32-12-10-19/h3-8,13-14,19H,9-12H2,1-2H3,(H,27,29)(H,25,26,28). The van der Waals surface area contributed by atoms with Crippen molar-refractivity contribution >= 4 is 27.4 Å². The summed E-state index contributed by atoms with van der Waals surface area (Å²) in [5.41, 5.74) is 1.45. The number of nitrogens with zero attached hydrogens (tertiary/aromatic N) is 3. The van der Waals surface area contributed by atoms with Gasteiger partial charge < -0.3 is 14.8 Å². The molecule has 178 valence electrons. The number of aromatic nitrogens is 3. The minimum absolute atomic E-state index is 0.0377. The number of sulfonamides is 1. The predicted molar refractivity (Wildman–Crippen MR) is 125 cm³/mol. The molecule has 2 N–H and O–H groups in total. The topological polar surface area (TPSA) is 132 Å². The lowest BCUT2D eigenvalue weighted by molar-refractivity contribution is 0.0237. The molecule has 2 aromatic heterocycles. The molecule has 4 rings (SSSR count). The third-order valence-electron chi connectivity index (χ3n) is 5.08. The zero-order chi connectivity index (χ0) is 24.1. The molecule has 3 aromatic rings. The van der Waals surface area contributed by atoms with Gasteiger partial charge in [-0.2, -0.15) is 0 Å². The number of amides is 1. The number of carbonyl (C=O) groups excluding carboxylic acids is 1. The van der Waals surface area contributed by atoms with Crippen LogP contribution in [-0.2, 0) is 14.8 Å². The highest BCUT2D eigenvalue weighted by atomic mass is 32.2. The molecule has 0 atom stereocenters. The van der Waals surface area contributed by atoms with Crippen LogP contribution in [0.4, 0.5) is 11.5 Å². The summed E-state index contributed by atoms with van der Waals surface area (Å²) in [6.45, 7) is 4.78. The lowest BCUT2D eigenvalue weighted by Crippen LogP contribution is -2.26. The summed E-state index contributed by atoms with van der Waals surface area (Å²) in [6, 6.07) is 10.7. The van der Waals surface area contributed by atoms with Crippen LogP contribution in [0.5, 0.6) is 5.88 Å². The molecule has 34 heavy (non-hydrogen) atoms. The van der Waals surface area contributed by atoms with Gasteiger partial charge in [0.1, 0.15) is 17.7 Å². The lowest BCUT2D eigenvalue weighted by atomic mass is 10.1. The molecular formula is C23H25N5O5S. The Balaban J connectivity index is 1.37. The Morgan fingerprint density at radius 3 is 2.44 bits per heavy atom. The first-order chi connectivity index (χ1) is 16.3. The van der Waals surface area contributed by atoms with E-state index in [2.05, 4.69) is 25.0 Å². The van der Waals surface area contributed by atoms with Crippen LogP contribution in [0.1, 0.15) is 34.7 Å². The Labute approximate surface area is 197 Å². The van der Waals surface area contributed by atoms with Crippen LogP contribution in [0, 0.1) is 13.8 Å². The maximum Gasteiger partial charge on any atom is 0.263 e. The van der Waals surface area contributed by atoms with Crippen LogP contribution in [0.3, 0.4) is 0 Å². The van der Waals surface area contributed by atoms with Crippen molar-refractivity contribution in [1.82, 2.24) is 15.0 Å². The summed E-state index contributed by atoms with van der Waals surface area (Å²) in [4.78, 5) is 25.0. The first-order valence-electron chi connectivity index (χ1n) is 10.8. The SMILES string of the molecule is Cc1cc(NS(=O)(=O)c2ccc(NC(=O)c3ccc(OC4CCOCC4)nc3)cc2)nc(C)n1. The Bertz CT molecular complexity index is 1240. The summed E-state index contributed by atoms with van der Waals surface area (Å²) < 4.78 is 38.9. The molecule has 1 aromatic carbocycles. The molecule has 1 aliphatic heterocycles. The van der Waals surface area contributed by atoms with E-state index in [9.17, 15) is 13.2 Å². The highest BCUT2D eigenvalue weighted by Crippen LogP contribution is 2.19. The summed E-state index contributed by atoms with van der Waals surface area (Å²) in [7, 11) is -3.85. The Kier molecular flexibility index (Phi) is 7.03. The second-order valence-corrected chi connectivity index (χ2v) is 9.52. The fraction of sp³-hybridized carbons (Fsp3) is 0.304. The van der Waals surface area contributed by atoms with Crippen molar-refractivity contribution in [2.24, 2.45) is 0 Å². The minimum atomic E-state index is -3.85. The molecule has 11 heteroatoms. The summed E-state index contributed by atoms with van der Waals surface area (Å²) in [6.07, 6.45) is 3.12. The number of hydrogen-bond donors (Lipinski definition) is 2. The third-order valence-corrected chi connectivity index (χ3v) is 6.45. The van der Waals surface area contributed by atoms with Crippen LogP contribution in [-0.4, -0.2) is 48.6 Å². The second kappa shape index (κ2) is 10.1. The van der Waals surface area contributed by atoms with E-state index in [0.29, 0.717) is 41.9 Å². The molecule has 1 aliphatic rings. The maximum atomic E-state index is 12.7. The van der Waals surface area contributed by atoms with Crippen LogP contribution in [0.15, 0.2) is 53.6 Å². The number of carbonyl (C=O) groups is 1. The molecule has 0 radical (unpaired) electrons. The zero-order valence-corrected chi connectivity index (χ0v) is 19.6. The van der Waals surface area contributed by atoms with Gasteiger partial charge >= 0.3 is 0 Å². The largest absolute Gasteiger partial charge is 0.474 e. The summed E-state index contributed by atoms with van der Waals surface area (Å²) >= 11 is 0. The van der Waals surface area contributed by atoms with E-state index in [1.54, 1.807) is 32.0 Å². The van der Waals surface area contributed by atoms with E-state index in [1.807, 2.05) is 0 Å². The molecule has 0 saturated carbocycles. The highest BCUT2D eigenvalue weighted by Gasteiger charge is 2.17. The van der Waals surface area contributed by atoms with Gasteiger partial charge in [-0.05, 0) is 44.2 Å². The number of benzene rings is 1. The molecule has 0 spiro atoms. The maximum absolute atomic E-state index is 12.7. The van der Waals surface area contributed by atoms with E-state index in [-0.39, 0.29) is 22.7 Å². The third kappa shape index (κ3) is 6.06. The van der Waals surface area contributed by atoms with E-state index in [1.165, 1.54) is 30.5 Å². The van der Waals surface area contributed by atoms with Gasteiger partial charge in [0.05, 0.1) is 23.7 Å². The van der Waals surface area contributed by atoms with Gasteiger partial charge in [0, 0.05) is 42.6 Å². The Hall–Kier alpha value is -3.57. The average molecular weight is 484 g/mol. The Morgan fingerprint density at radius 2 is 1.79 bits per heavy atom. The molecule has 0 aliphatic carbocycles. The molecular weight excluding hydrogens is 458 g/mol. The lowest BCUT2D eigenvalue weighted by Gasteiger charge is -2.22. The predicted octanol–water partition coefficient (Wildman–Crippen LogP) is 3.10. The smallest absolute Gasteiger partial charge is 0.263 e. The molecule has 1 saturated heterocycles. The van der Waals surface area contributed by atoms with Crippen molar-refractivity contribution in [2.45, 2.75) is 37.7 Å². The van der Waals surface area contributed by atoms with Gasteiger partial charge in [0.15, 0.2) is 0 Å². The highest BCUT2D eigenvalue weighted by molar-refractivity contribution is 7.92. The van der Waals surface area contributed by atoms with E-state index in [4.69, 9.17) is 9.47 Å². The molecule has 0 unspecified atom stereocenters. The molecule has 10 nitrogen and oxygen atoms in total. The van der Waals surface area contributed by atoms with Crippen LogP contribution in [0.25, 0.3) is 0 Å². The van der Waals surface area contributed by atoms with Crippen molar-refractivity contribution in [2.75, 3.05) is 23.3 Å². The number of rotatable bonds is 7. The number of hydrogen-bond acceptors (Lipinski definition) is 8. The number of ether oxygens (including phenoxy) is 2. The summed E-state index contributed by atoms with van der Waals surface area (Å²) in [5, 5.41) is 2.73. The number of anilines is 2. The minimum Gasteiger partial charge on any atom is -0.474 e. The first-order valence-corrected chi connectivity index (χ1v) is 12.2. The molecule has 1 amide bonds. The number of pyridine rings is 1. The molecule has 1 fully saturated rings. The van der Waals surface area contributed by atoms with Gasteiger partial charge in [-0.3, -0.25) is 9.52 Å². The van der Waals surface area contributed by atoms with Gasteiger partial charge in [0.25, 0.3) is 15.9 Å². The summed E-state index contributed by atoms with van der Waals surface area (Å²) in [5.74, 6) is 0.748. The fourth-order valence-electron chi connectivity index (χ4n) is 3.44. The number of aryl methyl sites for hydroxylation is 2. The van der Waals surface area contributed by atoms with Gasteiger partial charge in [-0.1, -0.05) is 0 Å². The molecule has 3 heterocycles. The molecule has 0 bridgehead atoms. The van der Waals surface area contributed by atoms with Crippen molar-refractivity contribution in [3.8, 4) is 5.88 Å². The van der Waals surface area contributed by atoms with E-state index in [0.717, 1.165) is 12.8 Å². The van der Waals surface area contributed by atoms with Crippen molar-refractivity contribution < 1.29 is 22.7 Å². The van der Waals surface area contributed by atoms with Gasteiger partial charge in [-0.15, -0.1) is 0 Å². The zero-order valence-electron chi connectivity index (χ0n) is 18.8. The van der Waals surface area contributed by atoms with Crippen LogP contribution in [0.2, 0.25) is 0 Å². The normalized spacial score (nSPS) is 14.4. The van der Waals surface area contributed by atoms with Crippen LogP contribution >= 0.6 is 0 Å². The van der Waals surface area contributed by atoms with E-state index >= 15 is 0 Å². The quantitative estimate of drug-likeness (QED) is 0.524. The monoisotopic (exact) mass is 483 g/mol. The van der Waals surface area contributed by atoms with Gasteiger partial charge in [0.2, 0.25) is 5.88 Å².